The van der Waals surface area contributed by atoms with Crippen LogP contribution in [0.2, 0.25) is 0 Å². The largest absolute Gasteiger partial charge is 0.307 e. The number of rotatable bonds is 0. The van der Waals surface area contributed by atoms with Gasteiger partial charge in [-0.2, -0.15) is 0 Å². The lowest BCUT2D eigenvalue weighted by molar-refractivity contribution is 0.568. The molecule has 0 fully saturated rings. The van der Waals surface area contributed by atoms with Crippen LogP contribution in [0.4, 0.5) is 0 Å². The monoisotopic (exact) mass is 165 g/mol. The van der Waals surface area contributed by atoms with E-state index >= 15 is 0 Å². The summed E-state index contributed by atoms with van der Waals surface area (Å²) in [5, 5.41) is 5.15. The summed E-state index contributed by atoms with van der Waals surface area (Å²) in [4.78, 5) is 11.7. The van der Waals surface area contributed by atoms with Crippen LogP contribution in [0.15, 0.2) is 11.4 Å². The Balaban J connectivity index is 2.56. The predicted octanol–water partition coefficient (Wildman–Crippen LogP) is 1.07. The molecule has 2 rings (SSSR count). The van der Waals surface area contributed by atoms with E-state index in [1.54, 1.807) is 11.3 Å². The summed E-state index contributed by atoms with van der Waals surface area (Å²) in [5.41, 5.74) is 1.84. The lowest BCUT2D eigenvalue weighted by Gasteiger charge is -2.12. The Morgan fingerprint density at radius 3 is 3.27 bits per heavy atom. The van der Waals surface area contributed by atoms with Gasteiger partial charge in [0.05, 0.1) is 5.57 Å². The molecule has 1 aromatic rings. The van der Waals surface area contributed by atoms with Gasteiger partial charge in [0, 0.05) is 23.5 Å². The van der Waals surface area contributed by atoms with Gasteiger partial charge in [0.2, 0.25) is 0 Å². The van der Waals surface area contributed by atoms with E-state index in [0.717, 1.165) is 17.7 Å². The van der Waals surface area contributed by atoms with E-state index in [1.165, 1.54) is 4.88 Å². The fourth-order valence-electron chi connectivity index (χ4n) is 1.23. The van der Waals surface area contributed by atoms with Crippen LogP contribution >= 0.6 is 11.3 Å². The van der Waals surface area contributed by atoms with Crippen LogP contribution in [0.5, 0.6) is 0 Å². The lowest BCUT2D eigenvalue weighted by Crippen LogP contribution is -2.21. The maximum Gasteiger partial charge on any atom is 0.129 e. The topological polar surface area (TPSA) is 29.1 Å². The molecule has 0 amide bonds. The van der Waals surface area contributed by atoms with Gasteiger partial charge in [0.1, 0.15) is 5.94 Å². The van der Waals surface area contributed by atoms with Gasteiger partial charge < -0.3 is 5.32 Å². The Morgan fingerprint density at radius 2 is 2.45 bits per heavy atom. The van der Waals surface area contributed by atoms with E-state index in [2.05, 4.69) is 5.32 Å². The summed E-state index contributed by atoms with van der Waals surface area (Å²) < 4.78 is 0. The van der Waals surface area contributed by atoms with Crippen LogP contribution in [-0.4, -0.2) is 12.5 Å². The Labute approximate surface area is 68.5 Å². The van der Waals surface area contributed by atoms with Crippen LogP contribution in [0.25, 0.3) is 5.57 Å². The highest BCUT2D eigenvalue weighted by atomic mass is 32.1. The maximum absolute atomic E-state index is 10.4. The lowest BCUT2D eigenvalue weighted by atomic mass is 10.1. The van der Waals surface area contributed by atoms with E-state index in [1.807, 2.05) is 17.4 Å². The number of fused-ring (bicyclic) bond motifs is 1. The maximum atomic E-state index is 10.4. The van der Waals surface area contributed by atoms with Crippen LogP contribution < -0.4 is 5.32 Å². The zero-order valence-electron chi connectivity index (χ0n) is 5.89. The molecule has 0 radical (unpaired) electrons. The first kappa shape index (κ1) is 6.80. The van der Waals surface area contributed by atoms with Gasteiger partial charge in [-0.05, 0) is 11.4 Å². The van der Waals surface area contributed by atoms with Crippen molar-refractivity contribution >= 4 is 22.9 Å². The molecule has 0 bridgehead atoms. The molecule has 3 heteroatoms. The first-order valence-corrected chi connectivity index (χ1v) is 4.31. The van der Waals surface area contributed by atoms with Crippen molar-refractivity contribution in [2.45, 2.75) is 6.54 Å². The molecule has 1 aliphatic rings. The third-order valence-electron chi connectivity index (χ3n) is 1.78. The SMILES string of the molecule is O=C=C1CNCc2sccc21. The van der Waals surface area contributed by atoms with E-state index < -0.39 is 0 Å². The van der Waals surface area contributed by atoms with Crippen molar-refractivity contribution in [2.75, 3.05) is 6.54 Å². The smallest absolute Gasteiger partial charge is 0.129 e. The highest BCUT2D eigenvalue weighted by molar-refractivity contribution is 7.10. The quantitative estimate of drug-likeness (QED) is 0.582. The predicted molar refractivity (Wildman–Crippen MR) is 45.1 cm³/mol. The number of carbonyl (C=O) groups excluding carboxylic acids is 1. The van der Waals surface area contributed by atoms with Crippen molar-refractivity contribution in [3.05, 3.63) is 21.9 Å². The average Bonchev–Trinajstić information content (AvgIpc) is 2.50. The minimum atomic E-state index is 0.660. The number of hydrogen-bond donors (Lipinski definition) is 1. The summed E-state index contributed by atoms with van der Waals surface area (Å²) in [7, 11) is 0. The molecule has 0 saturated heterocycles. The Hall–Kier alpha value is -0.890. The first-order valence-electron chi connectivity index (χ1n) is 3.43. The number of thiophene rings is 1. The van der Waals surface area contributed by atoms with Gasteiger partial charge in [-0.3, -0.25) is 0 Å². The van der Waals surface area contributed by atoms with Crippen molar-refractivity contribution in [3.63, 3.8) is 0 Å². The molecule has 1 aliphatic heterocycles. The Kier molecular flexibility index (Phi) is 1.62. The highest BCUT2D eigenvalue weighted by Crippen LogP contribution is 2.25. The standard InChI is InChI=1S/C8H7NOS/c10-5-6-3-9-4-8-7(6)1-2-11-8/h1-2,9H,3-4H2. The van der Waals surface area contributed by atoms with Crippen molar-refractivity contribution in [3.8, 4) is 0 Å². The zero-order valence-corrected chi connectivity index (χ0v) is 6.70. The molecule has 0 unspecified atom stereocenters. The van der Waals surface area contributed by atoms with Crippen molar-refractivity contribution in [1.82, 2.24) is 5.32 Å². The molecule has 1 N–H and O–H groups in total. The van der Waals surface area contributed by atoms with Crippen molar-refractivity contribution in [2.24, 2.45) is 0 Å². The van der Waals surface area contributed by atoms with Crippen LogP contribution in [0.3, 0.4) is 0 Å². The molecule has 0 spiro atoms. The molecule has 1 aromatic heterocycles. The van der Waals surface area contributed by atoms with Crippen LogP contribution in [0.1, 0.15) is 10.4 Å². The van der Waals surface area contributed by atoms with Crippen LogP contribution in [-0.2, 0) is 11.3 Å². The molecule has 0 atom stereocenters. The van der Waals surface area contributed by atoms with Gasteiger partial charge >= 0.3 is 0 Å². The molecular weight excluding hydrogens is 158 g/mol. The number of nitrogens with one attached hydrogen (secondary N) is 1. The fraction of sp³-hybridized carbons (Fsp3) is 0.250. The van der Waals surface area contributed by atoms with E-state index in [0.29, 0.717) is 6.54 Å². The Morgan fingerprint density at radius 1 is 1.55 bits per heavy atom. The van der Waals surface area contributed by atoms with E-state index in [-0.39, 0.29) is 0 Å². The van der Waals surface area contributed by atoms with Gasteiger partial charge in [-0.15, -0.1) is 11.3 Å². The van der Waals surface area contributed by atoms with Crippen molar-refractivity contribution < 1.29 is 4.79 Å². The molecule has 0 aliphatic carbocycles. The molecule has 2 heterocycles. The highest BCUT2D eigenvalue weighted by Gasteiger charge is 2.14. The Bertz CT molecular complexity index is 323. The second-order valence-electron chi connectivity index (χ2n) is 2.44. The molecule has 0 saturated carbocycles. The minimum Gasteiger partial charge on any atom is -0.307 e. The normalized spacial score (nSPS) is 15.8. The molecule has 2 nitrogen and oxygen atoms in total. The summed E-state index contributed by atoms with van der Waals surface area (Å²) in [5.74, 6) is 1.96. The van der Waals surface area contributed by atoms with Crippen molar-refractivity contribution in [1.29, 1.82) is 0 Å². The van der Waals surface area contributed by atoms with Gasteiger partial charge in [-0.25, -0.2) is 4.79 Å². The number of hydrogen-bond acceptors (Lipinski definition) is 3. The zero-order chi connectivity index (χ0) is 7.68. The second kappa shape index (κ2) is 2.62. The van der Waals surface area contributed by atoms with Crippen LogP contribution in [0, 0.1) is 0 Å². The van der Waals surface area contributed by atoms with Gasteiger partial charge in [0.25, 0.3) is 0 Å². The van der Waals surface area contributed by atoms with Gasteiger partial charge in [0.15, 0.2) is 0 Å². The summed E-state index contributed by atoms with van der Waals surface area (Å²) in [6, 6.07) is 1.99. The molecule has 0 aromatic carbocycles. The molecule has 11 heavy (non-hydrogen) atoms. The average molecular weight is 165 g/mol. The summed E-state index contributed by atoms with van der Waals surface area (Å²) >= 11 is 1.68. The molecular formula is C8H7NOS. The fourth-order valence-corrected chi connectivity index (χ4v) is 2.11. The van der Waals surface area contributed by atoms with E-state index in [9.17, 15) is 4.79 Å². The summed E-state index contributed by atoms with van der Waals surface area (Å²) in [6.45, 7) is 1.55. The third-order valence-corrected chi connectivity index (χ3v) is 2.70. The summed E-state index contributed by atoms with van der Waals surface area (Å²) in [6.07, 6.45) is 0. The van der Waals surface area contributed by atoms with E-state index in [4.69, 9.17) is 0 Å². The second-order valence-corrected chi connectivity index (χ2v) is 3.44. The van der Waals surface area contributed by atoms with Gasteiger partial charge in [-0.1, -0.05) is 0 Å². The first-order chi connectivity index (χ1) is 5.42. The minimum absolute atomic E-state index is 0.660. The third kappa shape index (κ3) is 1.03. The molecule has 56 valence electrons.